The summed E-state index contributed by atoms with van der Waals surface area (Å²) in [6.45, 7) is 4.13. The molecule has 0 aliphatic carbocycles. The smallest absolute Gasteiger partial charge is 0.0926 e. The van der Waals surface area contributed by atoms with E-state index in [1.807, 2.05) is 23.1 Å². The number of hydrogen-bond acceptors (Lipinski definition) is 3. The van der Waals surface area contributed by atoms with Crippen LogP contribution >= 0.6 is 0 Å². The molecule has 1 atom stereocenters. The molecule has 2 N–H and O–H groups in total. The number of nitrogens with zero attached hydrogens (tertiary/aromatic N) is 3. The Morgan fingerprint density at radius 2 is 2.47 bits per heavy atom. The van der Waals surface area contributed by atoms with E-state index in [1.54, 1.807) is 6.33 Å². The number of aryl methyl sites for hydroxylation is 1. The predicted molar refractivity (Wildman–Crippen MR) is 64.5 cm³/mol. The maximum absolute atomic E-state index is 4.46. The number of rotatable bonds is 3. The van der Waals surface area contributed by atoms with Crippen molar-refractivity contribution in [1.29, 1.82) is 0 Å². The van der Waals surface area contributed by atoms with Crippen LogP contribution in [-0.4, -0.2) is 26.3 Å². The molecule has 5 heteroatoms. The Morgan fingerprint density at radius 3 is 3.29 bits per heavy atom. The van der Waals surface area contributed by atoms with Crippen LogP contribution in [0.4, 0.5) is 0 Å². The first-order valence-corrected chi connectivity index (χ1v) is 6.03. The molecule has 3 rings (SSSR count). The van der Waals surface area contributed by atoms with Gasteiger partial charge in [-0.25, -0.2) is 4.98 Å². The Morgan fingerprint density at radius 1 is 1.53 bits per heavy atom. The summed E-state index contributed by atoms with van der Waals surface area (Å²) in [4.78, 5) is 7.69. The van der Waals surface area contributed by atoms with Gasteiger partial charge in [-0.2, -0.15) is 5.10 Å². The first kappa shape index (κ1) is 10.5. The second kappa shape index (κ2) is 4.00. The maximum Gasteiger partial charge on any atom is 0.0926 e. The zero-order valence-electron chi connectivity index (χ0n) is 9.98. The molecule has 5 nitrogen and oxygen atoms in total. The molecule has 1 aliphatic heterocycles. The lowest BCUT2D eigenvalue weighted by atomic mass is 9.88. The van der Waals surface area contributed by atoms with E-state index in [4.69, 9.17) is 0 Å². The average Bonchev–Trinajstić information content (AvgIpc) is 2.98. The first-order chi connectivity index (χ1) is 8.28. The third-order valence-electron chi connectivity index (χ3n) is 3.53. The van der Waals surface area contributed by atoms with Gasteiger partial charge in [0, 0.05) is 37.6 Å². The van der Waals surface area contributed by atoms with Gasteiger partial charge in [0.25, 0.3) is 0 Å². The van der Waals surface area contributed by atoms with Gasteiger partial charge in [-0.15, -0.1) is 0 Å². The molecule has 17 heavy (non-hydrogen) atoms. The number of H-pyrrole nitrogens is 1. The van der Waals surface area contributed by atoms with Crippen LogP contribution < -0.4 is 5.32 Å². The second-order valence-corrected chi connectivity index (χ2v) is 4.76. The summed E-state index contributed by atoms with van der Waals surface area (Å²) in [6, 6.07) is 1.95. The molecule has 0 saturated heterocycles. The van der Waals surface area contributed by atoms with Gasteiger partial charge in [-0.3, -0.25) is 4.68 Å². The lowest BCUT2D eigenvalue weighted by Gasteiger charge is -2.34. The van der Waals surface area contributed by atoms with E-state index >= 15 is 0 Å². The highest BCUT2D eigenvalue weighted by atomic mass is 15.3. The molecule has 2 aromatic heterocycles. The van der Waals surface area contributed by atoms with Crippen molar-refractivity contribution in [2.75, 3.05) is 6.54 Å². The monoisotopic (exact) mass is 231 g/mol. The fourth-order valence-corrected chi connectivity index (χ4v) is 2.51. The molecule has 3 heterocycles. The van der Waals surface area contributed by atoms with Crippen molar-refractivity contribution in [2.45, 2.75) is 31.8 Å². The number of aromatic amines is 1. The Kier molecular flexibility index (Phi) is 2.48. The van der Waals surface area contributed by atoms with Crippen LogP contribution in [0, 0.1) is 0 Å². The molecule has 0 bridgehead atoms. The molecule has 0 saturated carbocycles. The average molecular weight is 231 g/mol. The molecule has 0 fully saturated rings. The van der Waals surface area contributed by atoms with Crippen molar-refractivity contribution in [2.24, 2.45) is 0 Å². The molecule has 0 unspecified atom stereocenters. The lowest BCUT2D eigenvalue weighted by molar-refractivity contribution is 0.292. The summed E-state index contributed by atoms with van der Waals surface area (Å²) in [5, 5.41) is 7.81. The molecule has 2 aromatic rings. The number of fused-ring (bicyclic) bond motifs is 1. The number of aromatic nitrogens is 4. The maximum atomic E-state index is 4.46. The van der Waals surface area contributed by atoms with Gasteiger partial charge in [0.1, 0.15) is 0 Å². The normalized spacial score (nSPS) is 23.6. The van der Waals surface area contributed by atoms with Crippen molar-refractivity contribution >= 4 is 0 Å². The van der Waals surface area contributed by atoms with Crippen molar-refractivity contribution in [3.8, 4) is 0 Å². The van der Waals surface area contributed by atoms with Crippen LogP contribution in [0.2, 0.25) is 0 Å². The minimum atomic E-state index is -0.0421. The van der Waals surface area contributed by atoms with Crippen LogP contribution in [0.25, 0.3) is 0 Å². The Hall–Kier alpha value is -1.62. The van der Waals surface area contributed by atoms with Crippen LogP contribution in [-0.2, 0) is 18.5 Å². The van der Waals surface area contributed by atoms with E-state index in [2.05, 4.69) is 27.3 Å². The van der Waals surface area contributed by atoms with Gasteiger partial charge in [0.05, 0.1) is 17.6 Å². The Balaban J connectivity index is 1.78. The topological polar surface area (TPSA) is 58.5 Å². The van der Waals surface area contributed by atoms with Gasteiger partial charge in [-0.05, 0) is 19.4 Å². The number of nitrogens with one attached hydrogen (secondary N) is 2. The highest BCUT2D eigenvalue weighted by Gasteiger charge is 2.33. The standard InChI is InChI=1S/C12H17N5/c1-12(4-8-17-7-2-5-16-17)11-10(3-6-15-12)13-9-14-11/h2,5,7,9,15H,3-4,6,8H2,1H3,(H,13,14)/t12-/m0/s1. The van der Waals surface area contributed by atoms with Gasteiger partial charge >= 0.3 is 0 Å². The number of hydrogen-bond donors (Lipinski definition) is 2. The Labute approximate surface area is 100 Å². The molecule has 0 aromatic carbocycles. The van der Waals surface area contributed by atoms with Crippen molar-refractivity contribution < 1.29 is 0 Å². The highest BCUT2D eigenvalue weighted by molar-refractivity contribution is 5.24. The summed E-state index contributed by atoms with van der Waals surface area (Å²) < 4.78 is 1.97. The molecule has 1 aliphatic rings. The minimum absolute atomic E-state index is 0.0421. The highest BCUT2D eigenvalue weighted by Crippen LogP contribution is 2.29. The van der Waals surface area contributed by atoms with E-state index in [0.717, 1.165) is 31.6 Å². The van der Waals surface area contributed by atoms with Gasteiger partial charge < -0.3 is 10.3 Å². The fourth-order valence-electron chi connectivity index (χ4n) is 2.51. The second-order valence-electron chi connectivity index (χ2n) is 4.76. The summed E-state index contributed by atoms with van der Waals surface area (Å²) in [5.41, 5.74) is 2.39. The van der Waals surface area contributed by atoms with Gasteiger partial charge in [0.15, 0.2) is 0 Å². The third-order valence-corrected chi connectivity index (χ3v) is 3.53. The van der Waals surface area contributed by atoms with Crippen LogP contribution in [0.5, 0.6) is 0 Å². The minimum Gasteiger partial charge on any atom is -0.348 e. The summed E-state index contributed by atoms with van der Waals surface area (Å²) in [7, 11) is 0. The van der Waals surface area contributed by atoms with Crippen molar-refractivity contribution in [3.63, 3.8) is 0 Å². The van der Waals surface area contributed by atoms with Crippen LogP contribution in [0.3, 0.4) is 0 Å². The summed E-state index contributed by atoms with van der Waals surface area (Å²) in [5.74, 6) is 0. The zero-order chi connectivity index (χ0) is 11.7. The van der Waals surface area contributed by atoms with Crippen molar-refractivity contribution in [3.05, 3.63) is 36.2 Å². The molecular formula is C12H17N5. The van der Waals surface area contributed by atoms with Crippen LogP contribution in [0.1, 0.15) is 24.7 Å². The summed E-state index contributed by atoms with van der Waals surface area (Å²) >= 11 is 0. The van der Waals surface area contributed by atoms with Crippen LogP contribution in [0.15, 0.2) is 24.8 Å². The molecule has 0 spiro atoms. The van der Waals surface area contributed by atoms with E-state index in [1.165, 1.54) is 5.69 Å². The van der Waals surface area contributed by atoms with Gasteiger partial charge in [0.2, 0.25) is 0 Å². The molecule has 0 amide bonds. The quantitative estimate of drug-likeness (QED) is 0.830. The predicted octanol–water partition coefficient (Wildman–Crippen LogP) is 1.06. The molecular weight excluding hydrogens is 214 g/mol. The number of imidazole rings is 1. The van der Waals surface area contributed by atoms with E-state index in [9.17, 15) is 0 Å². The lowest BCUT2D eigenvalue weighted by Crippen LogP contribution is -2.45. The van der Waals surface area contributed by atoms with E-state index in [0.29, 0.717) is 0 Å². The Bertz CT molecular complexity index is 487. The molecule has 0 radical (unpaired) electrons. The first-order valence-electron chi connectivity index (χ1n) is 6.03. The van der Waals surface area contributed by atoms with Crippen molar-refractivity contribution in [1.82, 2.24) is 25.1 Å². The van der Waals surface area contributed by atoms with E-state index in [-0.39, 0.29) is 5.54 Å². The summed E-state index contributed by atoms with van der Waals surface area (Å²) in [6.07, 6.45) is 7.64. The zero-order valence-corrected chi connectivity index (χ0v) is 9.98. The van der Waals surface area contributed by atoms with E-state index < -0.39 is 0 Å². The van der Waals surface area contributed by atoms with Gasteiger partial charge in [-0.1, -0.05) is 0 Å². The fraction of sp³-hybridized carbons (Fsp3) is 0.500. The largest absolute Gasteiger partial charge is 0.348 e. The SMILES string of the molecule is C[C@@]1(CCn2cccn2)NCCc2[nH]cnc21. The third kappa shape index (κ3) is 1.86. The molecule has 90 valence electrons.